The van der Waals surface area contributed by atoms with Crippen molar-refractivity contribution in [2.24, 2.45) is 0 Å². The Bertz CT molecular complexity index is 1170. The van der Waals surface area contributed by atoms with E-state index in [9.17, 15) is 13.2 Å². The Morgan fingerprint density at radius 1 is 0.871 bits per heavy atom. The molecule has 7 heteroatoms. The fourth-order valence-corrected chi connectivity index (χ4v) is 6.08. The molecule has 1 saturated heterocycles. The maximum Gasteiger partial charge on any atom is 0.243 e. The van der Waals surface area contributed by atoms with Crippen molar-refractivity contribution in [3.63, 3.8) is 0 Å². The molecule has 5 nitrogen and oxygen atoms in total. The summed E-state index contributed by atoms with van der Waals surface area (Å²) < 4.78 is 27.6. The maximum absolute atomic E-state index is 13.0. The molecule has 4 rings (SSSR count). The lowest BCUT2D eigenvalue weighted by molar-refractivity contribution is -0.113. The molecule has 0 atom stereocenters. The molecule has 0 bridgehead atoms. The quantitative estimate of drug-likeness (QED) is 0.524. The number of sulfonamides is 1. The Labute approximate surface area is 187 Å². The van der Waals surface area contributed by atoms with Crippen LogP contribution in [0.3, 0.4) is 0 Å². The van der Waals surface area contributed by atoms with Gasteiger partial charge in [0.25, 0.3) is 0 Å². The number of anilines is 1. The average Bonchev–Trinajstić information content (AvgIpc) is 3.08. The summed E-state index contributed by atoms with van der Waals surface area (Å²) >= 11 is 1.46. The van der Waals surface area contributed by atoms with Crippen molar-refractivity contribution in [1.82, 2.24) is 4.31 Å². The van der Waals surface area contributed by atoms with E-state index in [1.54, 1.807) is 28.6 Å². The highest BCUT2D eigenvalue weighted by Gasteiger charge is 2.25. The Morgan fingerprint density at radius 3 is 2.39 bits per heavy atom. The van der Waals surface area contributed by atoms with Gasteiger partial charge in [0.05, 0.1) is 10.6 Å². The van der Waals surface area contributed by atoms with E-state index in [2.05, 4.69) is 23.5 Å². The number of nitrogens with zero attached hydrogens (tertiary/aromatic N) is 1. The number of hydrogen-bond acceptors (Lipinski definition) is 4. The van der Waals surface area contributed by atoms with Gasteiger partial charge in [-0.3, -0.25) is 4.79 Å². The van der Waals surface area contributed by atoms with Crippen LogP contribution in [0, 0.1) is 0 Å². The van der Waals surface area contributed by atoms with E-state index < -0.39 is 10.0 Å². The minimum atomic E-state index is -3.54. The fraction of sp³-hybridized carbons (Fsp3) is 0.292. The largest absolute Gasteiger partial charge is 0.325 e. The highest BCUT2D eigenvalue weighted by atomic mass is 32.2. The predicted molar refractivity (Wildman–Crippen MR) is 127 cm³/mol. The lowest BCUT2D eigenvalue weighted by Gasteiger charge is -2.20. The van der Waals surface area contributed by atoms with Gasteiger partial charge in [-0.2, -0.15) is 4.31 Å². The number of thioether (sulfide) groups is 1. The van der Waals surface area contributed by atoms with Crippen molar-refractivity contribution in [2.45, 2.75) is 35.5 Å². The SMILES string of the molecule is O=C(CSc1ccc2ccccc2c1)Nc1cccc(S(=O)(=O)N2CCCCCC2)c1. The molecule has 3 aromatic rings. The van der Waals surface area contributed by atoms with Gasteiger partial charge in [-0.05, 0) is 53.9 Å². The van der Waals surface area contributed by atoms with Gasteiger partial charge in [-0.25, -0.2) is 8.42 Å². The molecule has 1 amide bonds. The fourth-order valence-electron chi connectivity index (χ4n) is 3.77. The summed E-state index contributed by atoms with van der Waals surface area (Å²) in [5.41, 5.74) is 0.500. The summed E-state index contributed by atoms with van der Waals surface area (Å²) in [5.74, 6) is 0.0871. The first kappa shape index (κ1) is 21.9. The molecule has 0 aliphatic carbocycles. The number of amides is 1. The molecular weight excluding hydrogens is 428 g/mol. The number of hydrogen-bond donors (Lipinski definition) is 1. The lowest BCUT2D eigenvalue weighted by atomic mass is 10.1. The van der Waals surface area contributed by atoms with E-state index in [0.29, 0.717) is 18.8 Å². The third-order valence-corrected chi connectivity index (χ3v) is 8.30. The van der Waals surface area contributed by atoms with Crippen LogP contribution in [-0.4, -0.2) is 37.5 Å². The Kier molecular flexibility index (Phi) is 6.95. The van der Waals surface area contributed by atoms with E-state index in [0.717, 1.165) is 36.0 Å². The van der Waals surface area contributed by atoms with E-state index in [1.807, 2.05) is 24.3 Å². The number of carbonyl (C=O) groups excluding carboxylic acids is 1. The topological polar surface area (TPSA) is 66.5 Å². The van der Waals surface area contributed by atoms with Gasteiger partial charge in [0.15, 0.2) is 0 Å². The van der Waals surface area contributed by atoms with Crippen molar-refractivity contribution >= 4 is 44.2 Å². The lowest BCUT2D eigenvalue weighted by Crippen LogP contribution is -2.32. The molecule has 1 heterocycles. The molecule has 1 fully saturated rings. The van der Waals surface area contributed by atoms with Gasteiger partial charge in [0.2, 0.25) is 15.9 Å². The van der Waals surface area contributed by atoms with E-state index in [4.69, 9.17) is 0 Å². The van der Waals surface area contributed by atoms with Crippen LogP contribution in [0.15, 0.2) is 76.5 Å². The first-order valence-corrected chi connectivity index (χ1v) is 13.0. The van der Waals surface area contributed by atoms with Crippen molar-refractivity contribution in [3.8, 4) is 0 Å². The Balaban J connectivity index is 1.40. The zero-order valence-corrected chi connectivity index (χ0v) is 18.9. The van der Waals surface area contributed by atoms with Crippen LogP contribution in [0.25, 0.3) is 10.8 Å². The summed E-state index contributed by atoms with van der Waals surface area (Å²) in [6, 6.07) is 20.8. The second-order valence-electron chi connectivity index (χ2n) is 7.69. The normalized spacial score (nSPS) is 15.5. The predicted octanol–water partition coefficient (Wildman–Crippen LogP) is 5.14. The summed E-state index contributed by atoms with van der Waals surface area (Å²) in [7, 11) is -3.54. The minimum Gasteiger partial charge on any atom is -0.325 e. The second kappa shape index (κ2) is 9.85. The molecular formula is C24H26N2O3S2. The summed E-state index contributed by atoms with van der Waals surface area (Å²) in [6.45, 7) is 1.11. The van der Waals surface area contributed by atoms with Gasteiger partial charge in [-0.15, -0.1) is 11.8 Å². The van der Waals surface area contributed by atoms with E-state index >= 15 is 0 Å². The third-order valence-electron chi connectivity index (χ3n) is 5.41. The van der Waals surface area contributed by atoms with Crippen molar-refractivity contribution in [1.29, 1.82) is 0 Å². The summed E-state index contributed by atoms with van der Waals surface area (Å²) in [4.78, 5) is 13.7. The summed E-state index contributed by atoms with van der Waals surface area (Å²) in [5, 5.41) is 5.14. The van der Waals surface area contributed by atoms with Crippen LogP contribution in [0.1, 0.15) is 25.7 Å². The smallest absolute Gasteiger partial charge is 0.243 e. The zero-order valence-electron chi connectivity index (χ0n) is 17.3. The Morgan fingerprint density at radius 2 is 1.61 bits per heavy atom. The number of benzene rings is 3. The molecule has 0 unspecified atom stereocenters. The highest BCUT2D eigenvalue weighted by Crippen LogP contribution is 2.25. The van der Waals surface area contributed by atoms with Gasteiger partial charge < -0.3 is 5.32 Å². The van der Waals surface area contributed by atoms with Crippen LogP contribution in [0.2, 0.25) is 0 Å². The number of nitrogens with one attached hydrogen (secondary N) is 1. The maximum atomic E-state index is 13.0. The summed E-state index contributed by atoms with van der Waals surface area (Å²) in [6.07, 6.45) is 3.91. The van der Waals surface area contributed by atoms with E-state index in [1.165, 1.54) is 17.1 Å². The highest BCUT2D eigenvalue weighted by molar-refractivity contribution is 8.00. The van der Waals surface area contributed by atoms with Crippen LogP contribution in [0.5, 0.6) is 0 Å². The first-order chi connectivity index (χ1) is 15.0. The molecule has 3 aromatic carbocycles. The van der Waals surface area contributed by atoms with Crippen LogP contribution in [-0.2, 0) is 14.8 Å². The minimum absolute atomic E-state index is 0.164. The second-order valence-corrected chi connectivity index (χ2v) is 10.7. The standard InChI is InChI=1S/C24H26N2O3S2/c27-24(18-30-22-13-12-19-8-3-4-9-20(19)16-22)25-21-10-7-11-23(17-21)31(28,29)26-14-5-1-2-6-15-26/h3-4,7-13,16-17H,1-2,5-6,14-15,18H2,(H,25,27). The number of rotatable bonds is 6. The van der Waals surface area contributed by atoms with Crippen molar-refractivity contribution < 1.29 is 13.2 Å². The number of fused-ring (bicyclic) bond motifs is 1. The van der Waals surface area contributed by atoms with E-state index in [-0.39, 0.29) is 16.6 Å². The van der Waals surface area contributed by atoms with Crippen molar-refractivity contribution in [3.05, 3.63) is 66.7 Å². The molecule has 31 heavy (non-hydrogen) atoms. The molecule has 162 valence electrons. The average molecular weight is 455 g/mol. The molecule has 1 N–H and O–H groups in total. The zero-order chi connectivity index (χ0) is 21.7. The van der Waals surface area contributed by atoms with Gasteiger partial charge in [0, 0.05) is 23.7 Å². The monoisotopic (exact) mass is 454 g/mol. The van der Waals surface area contributed by atoms with Gasteiger partial charge in [-0.1, -0.05) is 49.2 Å². The first-order valence-electron chi connectivity index (χ1n) is 10.5. The molecule has 1 aliphatic rings. The molecule has 0 radical (unpaired) electrons. The van der Waals surface area contributed by atoms with Crippen LogP contribution < -0.4 is 5.32 Å². The third kappa shape index (κ3) is 5.47. The molecule has 0 saturated carbocycles. The molecule has 1 aliphatic heterocycles. The van der Waals surface area contributed by atoms with Crippen LogP contribution in [0.4, 0.5) is 5.69 Å². The van der Waals surface area contributed by atoms with Crippen LogP contribution >= 0.6 is 11.8 Å². The van der Waals surface area contributed by atoms with Gasteiger partial charge >= 0.3 is 0 Å². The molecule has 0 aromatic heterocycles. The Hall–Kier alpha value is -2.35. The number of carbonyl (C=O) groups is 1. The van der Waals surface area contributed by atoms with Gasteiger partial charge in [0.1, 0.15) is 0 Å². The molecule has 0 spiro atoms. The van der Waals surface area contributed by atoms with Crippen molar-refractivity contribution in [2.75, 3.05) is 24.2 Å².